The first kappa shape index (κ1) is 8.39. The lowest BCUT2D eigenvalue weighted by molar-refractivity contribution is 0.101. The van der Waals surface area contributed by atoms with E-state index in [-0.39, 0.29) is 17.2 Å². The highest BCUT2D eigenvalue weighted by Gasteiger charge is 2.08. The molecule has 0 aliphatic rings. The lowest BCUT2D eigenvalue weighted by Crippen LogP contribution is -2.05. The summed E-state index contributed by atoms with van der Waals surface area (Å²) in [6.45, 7) is 1.35. The van der Waals surface area contributed by atoms with Crippen LogP contribution in [0.5, 0.6) is 0 Å². The van der Waals surface area contributed by atoms with Crippen LogP contribution in [0.3, 0.4) is 0 Å². The van der Waals surface area contributed by atoms with Crippen molar-refractivity contribution in [2.45, 2.75) is 6.92 Å². The SMILES string of the molecule is CC(=O)c1nccc(C=O)c1N. The highest BCUT2D eigenvalue weighted by Crippen LogP contribution is 2.12. The van der Waals surface area contributed by atoms with Crippen LogP contribution in [0.4, 0.5) is 5.69 Å². The molecule has 0 aliphatic heterocycles. The molecule has 12 heavy (non-hydrogen) atoms. The van der Waals surface area contributed by atoms with Crippen LogP contribution >= 0.6 is 0 Å². The van der Waals surface area contributed by atoms with Gasteiger partial charge in [0.2, 0.25) is 0 Å². The minimum Gasteiger partial charge on any atom is -0.396 e. The van der Waals surface area contributed by atoms with Crippen LogP contribution in [0.25, 0.3) is 0 Å². The fourth-order valence-corrected chi connectivity index (χ4v) is 0.871. The van der Waals surface area contributed by atoms with E-state index in [9.17, 15) is 9.59 Å². The average molecular weight is 164 g/mol. The second-order valence-corrected chi connectivity index (χ2v) is 2.34. The number of ketones is 1. The topological polar surface area (TPSA) is 73.0 Å². The molecule has 0 fully saturated rings. The molecule has 0 aromatic carbocycles. The van der Waals surface area contributed by atoms with Crippen molar-refractivity contribution in [3.8, 4) is 0 Å². The molecule has 1 rings (SSSR count). The number of pyridine rings is 1. The average Bonchev–Trinajstić information content (AvgIpc) is 2.04. The van der Waals surface area contributed by atoms with Crippen molar-refractivity contribution in [2.24, 2.45) is 0 Å². The molecular formula is C8H8N2O2. The van der Waals surface area contributed by atoms with Gasteiger partial charge in [0.25, 0.3) is 0 Å². The molecule has 0 aliphatic carbocycles. The summed E-state index contributed by atoms with van der Waals surface area (Å²) in [4.78, 5) is 25.0. The molecule has 1 heterocycles. The Bertz CT molecular complexity index is 334. The van der Waals surface area contributed by atoms with Gasteiger partial charge in [-0.15, -0.1) is 0 Å². The smallest absolute Gasteiger partial charge is 0.180 e. The molecule has 1 aromatic heterocycles. The van der Waals surface area contributed by atoms with Crippen LogP contribution in [0.2, 0.25) is 0 Å². The van der Waals surface area contributed by atoms with Gasteiger partial charge in [-0.05, 0) is 6.07 Å². The van der Waals surface area contributed by atoms with Crippen LogP contribution in [0.15, 0.2) is 12.3 Å². The number of nitrogens with zero attached hydrogens (tertiary/aromatic N) is 1. The van der Waals surface area contributed by atoms with E-state index in [4.69, 9.17) is 5.73 Å². The summed E-state index contributed by atoms with van der Waals surface area (Å²) in [7, 11) is 0. The van der Waals surface area contributed by atoms with Crippen molar-refractivity contribution in [1.82, 2.24) is 4.98 Å². The van der Waals surface area contributed by atoms with E-state index in [0.29, 0.717) is 11.8 Å². The Morgan fingerprint density at radius 3 is 2.83 bits per heavy atom. The number of carbonyl (C=O) groups is 2. The Labute approximate surface area is 69.4 Å². The number of rotatable bonds is 2. The number of anilines is 1. The van der Waals surface area contributed by atoms with Crippen LogP contribution in [-0.4, -0.2) is 17.1 Å². The maximum atomic E-state index is 10.9. The Morgan fingerprint density at radius 1 is 1.67 bits per heavy atom. The van der Waals surface area contributed by atoms with Crippen LogP contribution in [0.1, 0.15) is 27.8 Å². The zero-order chi connectivity index (χ0) is 9.14. The highest BCUT2D eigenvalue weighted by molar-refractivity contribution is 6.00. The molecule has 0 bridgehead atoms. The third kappa shape index (κ3) is 1.32. The molecule has 2 N–H and O–H groups in total. The van der Waals surface area contributed by atoms with Crippen LogP contribution in [-0.2, 0) is 0 Å². The van der Waals surface area contributed by atoms with Crippen LogP contribution in [0, 0.1) is 0 Å². The predicted molar refractivity (Wildman–Crippen MR) is 44.0 cm³/mol. The Morgan fingerprint density at radius 2 is 2.33 bits per heavy atom. The fraction of sp³-hybridized carbons (Fsp3) is 0.125. The summed E-state index contributed by atoms with van der Waals surface area (Å²) in [5, 5.41) is 0. The number of hydrogen-bond acceptors (Lipinski definition) is 4. The quantitative estimate of drug-likeness (QED) is 0.515. The number of carbonyl (C=O) groups excluding carboxylic acids is 2. The molecule has 0 saturated heterocycles. The molecule has 0 radical (unpaired) electrons. The summed E-state index contributed by atoms with van der Waals surface area (Å²) in [5.41, 5.74) is 6.09. The summed E-state index contributed by atoms with van der Waals surface area (Å²) < 4.78 is 0. The van der Waals surface area contributed by atoms with Gasteiger partial charge in [-0.25, -0.2) is 0 Å². The number of aldehydes is 1. The highest BCUT2D eigenvalue weighted by atomic mass is 16.1. The minimum atomic E-state index is -0.240. The van der Waals surface area contributed by atoms with E-state index in [1.807, 2.05) is 0 Å². The van der Waals surface area contributed by atoms with Crippen molar-refractivity contribution < 1.29 is 9.59 Å². The van der Waals surface area contributed by atoms with Gasteiger partial charge < -0.3 is 5.73 Å². The van der Waals surface area contributed by atoms with Gasteiger partial charge >= 0.3 is 0 Å². The summed E-state index contributed by atoms with van der Waals surface area (Å²) in [5.74, 6) is -0.240. The summed E-state index contributed by atoms with van der Waals surface area (Å²) in [6, 6.07) is 1.47. The zero-order valence-corrected chi connectivity index (χ0v) is 6.57. The van der Waals surface area contributed by atoms with E-state index in [0.717, 1.165) is 0 Å². The van der Waals surface area contributed by atoms with Gasteiger partial charge in [0.1, 0.15) is 5.69 Å². The van der Waals surface area contributed by atoms with Crippen molar-refractivity contribution in [1.29, 1.82) is 0 Å². The Kier molecular flexibility index (Phi) is 2.19. The van der Waals surface area contributed by atoms with E-state index < -0.39 is 0 Å². The lowest BCUT2D eigenvalue weighted by Gasteiger charge is -2.01. The molecule has 4 heteroatoms. The third-order valence-electron chi connectivity index (χ3n) is 1.48. The van der Waals surface area contributed by atoms with Gasteiger partial charge in [-0.2, -0.15) is 0 Å². The van der Waals surface area contributed by atoms with Crippen molar-refractivity contribution in [3.05, 3.63) is 23.5 Å². The number of hydrogen-bond donors (Lipinski definition) is 1. The van der Waals surface area contributed by atoms with E-state index >= 15 is 0 Å². The Balaban J connectivity index is 3.32. The largest absolute Gasteiger partial charge is 0.396 e. The fourth-order valence-electron chi connectivity index (χ4n) is 0.871. The maximum absolute atomic E-state index is 10.9. The first-order valence-corrected chi connectivity index (χ1v) is 3.37. The molecule has 0 atom stereocenters. The van der Waals surface area contributed by atoms with Gasteiger partial charge in [-0.3, -0.25) is 14.6 Å². The molecule has 0 spiro atoms. The van der Waals surface area contributed by atoms with Gasteiger partial charge in [0.05, 0.1) is 5.69 Å². The van der Waals surface area contributed by atoms with Gasteiger partial charge in [0.15, 0.2) is 12.1 Å². The Hall–Kier alpha value is -1.71. The molecule has 62 valence electrons. The number of aromatic nitrogens is 1. The third-order valence-corrected chi connectivity index (χ3v) is 1.48. The molecule has 1 aromatic rings. The van der Waals surface area contributed by atoms with E-state index in [1.54, 1.807) is 0 Å². The normalized spacial score (nSPS) is 9.42. The lowest BCUT2D eigenvalue weighted by atomic mass is 10.1. The molecule has 0 unspecified atom stereocenters. The summed E-state index contributed by atoms with van der Waals surface area (Å²) >= 11 is 0. The summed E-state index contributed by atoms with van der Waals surface area (Å²) in [6.07, 6.45) is 1.99. The second kappa shape index (κ2) is 3.13. The number of Topliss-reactive ketones (excluding diaryl/α,β-unsaturated/α-hetero) is 1. The maximum Gasteiger partial charge on any atom is 0.180 e. The number of nitrogens with two attached hydrogens (primary N) is 1. The molecular weight excluding hydrogens is 156 g/mol. The van der Waals surface area contributed by atoms with Crippen molar-refractivity contribution in [2.75, 3.05) is 5.73 Å². The number of nitrogen functional groups attached to an aromatic ring is 1. The van der Waals surface area contributed by atoms with E-state index in [1.165, 1.54) is 19.2 Å². The van der Waals surface area contributed by atoms with Crippen molar-refractivity contribution in [3.63, 3.8) is 0 Å². The zero-order valence-electron chi connectivity index (χ0n) is 6.57. The molecule has 0 amide bonds. The van der Waals surface area contributed by atoms with Crippen molar-refractivity contribution >= 4 is 17.8 Å². The minimum absolute atomic E-state index is 0.152. The van der Waals surface area contributed by atoms with Crippen LogP contribution < -0.4 is 5.73 Å². The first-order valence-electron chi connectivity index (χ1n) is 3.37. The molecule has 4 nitrogen and oxygen atoms in total. The predicted octanol–water partition coefficient (Wildman–Crippen LogP) is 0.679. The van der Waals surface area contributed by atoms with Gasteiger partial charge in [-0.1, -0.05) is 0 Å². The monoisotopic (exact) mass is 164 g/mol. The molecule has 0 saturated carbocycles. The second-order valence-electron chi connectivity index (χ2n) is 2.34. The van der Waals surface area contributed by atoms with Gasteiger partial charge in [0, 0.05) is 18.7 Å². The van der Waals surface area contributed by atoms with E-state index in [2.05, 4.69) is 4.98 Å². The standard InChI is InChI=1S/C8H8N2O2/c1-5(12)8-7(9)6(4-11)2-3-10-8/h2-4H,9H2,1H3. The first-order chi connectivity index (χ1) is 5.66.